The lowest BCUT2D eigenvalue weighted by atomic mass is 10.0. The van der Waals surface area contributed by atoms with E-state index in [1.807, 2.05) is 13.8 Å². The number of hydrogen-bond acceptors (Lipinski definition) is 6. The van der Waals surface area contributed by atoms with Gasteiger partial charge in [0.2, 0.25) is 15.7 Å². The van der Waals surface area contributed by atoms with Gasteiger partial charge in [0, 0.05) is 10.9 Å². The van der Waals surface area contributed by atoms with Gasteiger partial charge in [0.25, 0.3) is 5.56 Å². The Balaban J connectivity index is 2.30. The highest BCUT2D eigenvalue weighted by molar-refractivity contribution is 9.10. The summed E-state index contributed by atoms with van der Waals surface area (Å²) in [6.45, 7) is 3.86. The first-order chi connectivity index (χ1) is 15.7. The molecule has 0 amide bonds. The van der Waals surface area contributed by atoms with Gasteiger partial charge in [-0.2, -0.15) is 10.2 Å². The Bertz CT molecular complexity index is 1360. The Hall–Kier alpha value is -2.96. The van der Waals surface area contributed by atoms with Crippen LogP contribution in [0, 0.1) is 11.3 Å². The van der Waals surface area contributed by atoms with Crippen LogP contribution >= 0.6 is 15.9 Å². The molecule has 0 fully saturated rings. The number of aromatic nitrogens is 2. The molecule has 3 rings (SSSR count). The number of nitrogens with zero attached hydrogens (tertiary/aromatic N) is 3. The number of rotatable bonds is 8. The van der Waals surface area contributed by atoms with Crippen molar-refractivity contribution in [3.8, 4) is 11.9 Å². The zero-order valence-electron chi connectivity index (χ0n) is 18.3. The van der Waals surface area contributed by atoms with Crippen molar-refractivity contribution in [3.63, 3.8) is 0 Å². The fraction of sp³-hybridized carbons (Fsp3) is 0.292. The minimum Gasteiger partial charge on any atom is -0.492 e. The average molecular weight is 530 g/mol. The average Bonchev–Trinajstić information content (AvgIpc) is 2.80. The number of sulfone groups is 1. The maximum absolute atomic E-state index is 13.7. The fourth-order valence-electron chi connectivity index (χ4n) is 3.73. The topological polar surface area (TPSA) is 113 Å². The fourth-order valence-corrected chi connectivity index (χ4v) is 5.34. The highest BCUT2D eigenvalue weighted by atomic mass is 79.9. The molecule has 0 saturated carbocycles. The van der Waals surface area contributed by atoms with Crippen molar-refractivity contribution in [1.29, 1.82) is 5.26 Å². The summed E-state index contributed by atoms with van der Waals surface area (Å²) >= 11 is 3.26. The van der Waals surface area contributed by atoms with E-state index in [-0.39, 0.29) is 4.90 Å². The number of unbranched alkanes of at least 4 members (excludes halogenated alkanes) is 1. The van der Waals surface area contributed by atoms with Crippen LogP contribution in [0.4, 0.5) is 0 Å². The third-order valence-corrected chi connectivity index (χ3v) is 7.69. The van der Waals surface area contributed by atoms with Crippen LogP contribution in [-0.2, 0) is 16.3 Å². The smallest absolute Gasteiger partial charge is 0.277 e. The van der Waals surface area contributed by atoms with Gasteiger partial charge in [-0.1, -0.05) is 48.3 Å². The van der Waals surface area contributed by atoms with E-state index in [1.54, 1.807) is 36.4 Å². The molecule has 172 valence electrons. The molecule has 0 spiro atoms. The SMILES string of the molecule is CCCCc1nc(O)c(S(=O)(=O)c2ccc(Br)cc2)c(=O)n1C(CC)c1cccc(C#N)c1. The summed E-state index contributed by atoms with van der Waals surface area (Å²) in [7, 11) is -4.33. The van der Waals surface area contributed by atoms with E-state index in [0.29, 0.717) is 40.7 Å². The quantitative estimate of drug-likeness (QED) is 0.450. The molecule has 1 heterocycles. The van der Waals surface area contributed by atoms with Crippen molar-refractivity contribution >= 4 is 25.8 Å². The molecule has 1 atom stereocenters. The van der Waals surface area contributed by atoms with Gasteiger partial charge in [0.15, 0.2) is 4.90 Å². The molecule has 0 saturated heterocycles. The van der Waals surface area contributed by atoms with Crippen molar-refractivity contribution in [2.45, 2.75) is 55.4 Å². The molecule has 7 nitrogen and oxygen atoms in total. The monoisotopic (exact) mass is 529 g/mol. The molecule has 0 aliphatic carbocycles. The van der Waals surface area contributed by atoms with Crippen molar-refractivity contribution in [1.82, 2.24) is 9.55 Å². The Morgan fingerprint density at radius 1 is 1.18 bits per heavy atom. The van der Waals surface area contributed by atoms with E-state index in [2.05, 4.69) is 27.0 Å². The van der Waals surface area contributed by atoms with Crippen molar-refractivity contribution in [2.75, 3.05) is 0 Å². The van der Waals surface area contributed by atoms with Gasteiger partial charge in [0.1, 0.15) is 5.82 Å². The first kappa shape index (κ1) is 24.7. The molecule has 3 aromatic rings. The van der Waals surface area contributed by atoms with E-state index < -0.39 is 32.2 Å². The Morgan fingerprint density at radius 2 is 1.88 bits per heavy atom. The normalized spacial score (nSPS) is 12.3. The van der Waals surface area contributed by atoms with Crippen molar-refractivity contribution in [3.05, 3.63) is 80.3 Å². The molecule has 2 aromatic carbocycles. The largest absolute Gasteiger partial charge is 0.492 e. The maximum atomic E-state index is 13.7. The predicted octanol–water partition coefficient (Wildman–Crippen LogP) is 4.76. The summed E-state index contributed by atoms with van der Waals surface area (Å²) in [5.41, 5.74) is 0.296. The highest BCUT2D eigenvalue weighted by Gasteiger charge is 2.31. The second-order valence-corrected chi connectivity index (χ2v) is 10.4. The summed E-state index contributed by atoms with van der Waals surface area (Å²) in [4.78, 5) is 17.0. The number of benzene rings is 2. The Morgan fingerprint density at radius 3 is 2.48 bits per heavy atom. The maximum Gasteiger partial charge on any atom is 0.277 e. The minimum absolute atomic E-state index is 0.118. The second kappa shape index (κ2) is 10.3. The van der Waals surface area contributed by atoms with E-state index in [9.17, 15) is 23.6 Å². The molecule has 0 aliphatic heterocycles. The van der Waals surface area contributed by atoms with Gasteiger partial charge in [-0.25, -0.2) is 8.42 Å². The molecule has 0 radical (unpaired) electrons. The van der Waals surface area contributed by atoms with E-state index in [1.165, 1.54) is 16.7 Å². The zero-order valence-corrected chi connectivity index (χ0v) is 20.7. The molecule has 0 bridgehead atoms. The number of nitriles is 1. The van der Waals surface area contributed by atoms with Gasteiger partial charge in [-0.15, -0.1) is 0 Å². The van der Waals surface area contributed by atoms with Gasteiger partial charge in [-0.3, -0.25) is 9.36 Å². The second-order valence-electron chi connectivity index (χ2n) is 7.58. The number of halogens is 1. The summed E-state index contributed by atoms with van der Waals surface area (Å²) in [5.74, 6) is -0.491. The first-order valence-corrected chi connectivity index (χ1v) is 12.9. The lowest BCUT2D eigenvalue weighted by Crippen LogP contribution is -2.33. The third kappa shape index (κ3) is 5.02. The van der Waals surface area contributed by atoms with Crippen LogP contribution in [0.25, 0.3) is 0 Å². The Labute approximate surface area is 201 Å². The van der Waals surface area contributed by atoms with Crippen LogP contribution in [0.2, 0.25) is 0 Å². The zero-order chi connectivity index (χ0) is 24.2. The third-order valence-electron chi connectivity index (χ3n) is 5.37. The molecule has 1 aromatic heterocycles. The van der Waals surface area contributed by atoms with Gasteiger partial charge in [-0.05, 0) is 54.8 Å². The molecule has 33 heavy (non-hydrogen) atoms. The molecule has 1 N–H and O–H groups in total. The van der Waals surface area contributed by atoms with Crippen molar-refractivity contribution < 1.29 is 13.5 Å². The molecular formula is C24H24BrN3O4S. The lowest BCUT2D eigenvalue weighted by molar-refractivity contribution is 0.406. The summed E-state index contributed by atoms with van der Waals surface area (Å²) < 4.78 is 28.7. The highest BCUT2D eigenvalue weighted by Crippen LogP contribution is 2.29. The van der Waals surface area contributed by atoms with Crippen LogP contribution in [-0.4, -0.2) is 23.1 Å². The van der Waals surface area contributed by atoms with Crippen LogP contribution in [0.3, 0.4) is 0 Å². The Kier molecular flexibility index (Phi) is 7.72. The molecule has 1 unspecified atom stereocenters. The van der Waals surface area contributed by atoms with E-state index >= 15 is 0 Å². The van der Waals surface area contributed by atoms with Gasteiger partial charge in [0.05, 0.1) is 22.6 Å². The van der Waals surface area contributed by atoms with Crippen LogP contribution in [0.15, 0.2) is 67.6 Å². The first-order valence-electron chi connectivity index (χ1n) is 10.6. The lowest BCUT2D eigenvalue weighted by Gasteiger charge is -2.23. The van der Waals surface area contributed by atoms with E-state index in [0.717, 1.165) is 6.42 Å². The molecular weight excluding hydrogens is 506 g/mol. The van der Waals surface area contributed by atoms with Crippen LogP contribution < -0.4 is 5.56 Å². The van der Waals surface area contributed by atoms with Crippen molar-refractivity contribution in [2.24, 2.45) is 0 Å². The van der Waals surface area contributed by atoms with Gasteiger partial charge < -0.3 is 5.11 Å². The number of hydrogen-bond donors (Lipinski definition) is 1. The molecule has 0 aliphatic rings. The number of aromatic hydroxyl groups is 1. The summed E-state index contributed by atoms with van der Waals surface area (Å²) in [6, 6.07) is 14.2. The van der Waals surface area contributed by atoms with E-state index in [4.69, 9.17) is 0 Å². The predicted molar refractivity (Wildman–Crippen MR) is 128 cm³/mol. The number of aryl methyl sites for hydroxylation is 1. The molecule has 9 heteroatoms. The standard InChI is InChI=1S/C24H24BrN3O4S/c1-3-5-9-21-27-23(29)22(33(31,32)19-12-10-18(25)11-13-19)24(30)28(21)20(4-2)17-8-6-7-16(14-17)15-26/h6-8,10-14,20,29H,3-5,9H2,1-2H3. The minimum atomic E-state index is -4.33. The summed E-state index contributed by atoms with van der Waals surface area (Å²) in [6.07, 6.45) is 2.39. The van der Waals surface area contributed by atoms with Crippen LogP contribution in [0.5, 0.6) is 5.88 Å². The van der Waals surface area contributed by atoms with Gasteiger partial charge >= 0.3 is 0 Å². The summed E-state index contributed by atoms with van der Waals surface area (Å²) in [5, 5.41) is 19.9. The van der Waals surface area contributed by atoms with Crippen LogP contribution in [0.1, 0.15) is 56.1 Å².